The summed E-state index contributed by atoms with van der Waals surface area (Å²) < 4.78 is 4.83. The number of carboxylic acid groups (broad SMARTS) is 1. The third-order valence-electron chi connectivity index (χ3n) is 1.99. The van der Waals surface area contributed by atoms with E-state index in [-0.39, 0.29) is 17.1 Å². The maximum Gasteiger partial charge on any atom is 0.343 e. The van der Waals surface area contributed by atoms with Crippen LogP contribution in [0, 0.1) is 0 Å². The fraction of sp³-hybridized carbons (Fsp3) is 0.100. The second-order valence-corrected chi connectivity index (χ2v) is 4.01. The van der Waals surface area contributed by atoms with E-state index in [4.69, 9.17) is 9.63 Å². The summed E-state index contributed by atoms with van der Waals surface area (Å²) in [5, 5.41) is 18.6. The van der Waals surface area contributed by atoms with Crippen LogP contribution in [0.1, 0.15) is 17.3 Å². The molecular formula is C10H8N2O4S. The van der Waals surface area contributed by atoms with Gasteiger partial charge >= 0.3 is 5.97 Å². The third-order valence-corrected chi connectivity index (χ3v) is 2.67. The maximum absolute atomic E-state index is 11.1. The van der Waals surface area contributed by atoms with Crippen molar-refractivity contribution in [2.24, 2.45) is 0 Å². The number of hydrogen-bond acceptors (Lipinski definition) is 5. The summed E-state index contributed by atoms with van der Waals surface area (Å²) in [5.41, 5.74) is 0.717. The molecule has 0 fully saturated rings. The van der Waals surface area contributed by atoms with Crippen LogP contribution in [0.2, 0.25) is 0 Å². The van der Waals surface area contributed by atoms with Crippen molar-refractivity contribution in [2.75, 3.05) is 5.32 Å². The van der Waals surface area contributed by atoms with Gasteiger partial charge in [0.1, 0.15) is 5.69 Å². The fourth-order valence-corrected chi connectivity index (χ4v) is 1.97. The van der Waals surface area contributed by atoms with Gasteiger partial charge in [0.2, 0.25) is 11.8 Å². The Morgan fingerprint density at radius 2 is 2.29 bits per heavy atom. The molecule has 2 N–H and O–H groups in total. The number of anilines is 1. The topological polar surface area (TPSA) is 92.4 Å². The van der Waals surface area contributed by atoms with E-state index in [1.165, 1.54) is 18.3 Å². The van der Waals surface area contributed by atoms with Crippen molar-refractivity contribution in [2.45, 2.75) is 6.92 Å². The molecule has 88 valence electrons. The van der Waals surface area contributed by atoms with Gasteiger partial charge in [-0.2, -0.15) is 11.3 Å². The molecule has 0 aliphatic carbocycles. The van der Waals surface area contributed by atoms with E-state index in [0.717, 1.165) is 0 Å². The van der Waals surface area contributed by atoms with Gasteiger partial charge in [-0.25, -0.2) is 4.79 Å². The van der Waals surface area contributed by atoms with Gasteiger partial charge in [-0.1, -0.05) is 5.16 Å². The second-order valence-electron chi connectivity index (χ2n) is 3.23. The van der Waals surface area contributed by atoms with E-state index in [1.807, 2.05) is 0 Å². The lowest BCUT2D eigenvalue weighted by Gasteiger charge is -1.97. The van der Waals surface area contributed by atoms with Crippen LogP contribution in [0.3, 0.4) is 0 Å². The fourth-order valence-electron chi connectivity index (χ4n) is 1.33. The van der Waals surface area contributed by atoms with Gasteiger partial charge in [0.25, 0.3) is 0 Å². The summed E-state index contributed by atoms with van der Waals surface area (Å²) in [7, 11) is 0. The number of nitrogens with zero attached hydrogens (tertiary/aromatic N) is 1. The standard InChI is InChI=1S/C10H8N2O4S/c1-5(13)11-9-7(10(14)15)8(12-16-9)6-2-3-17-4-6/h2-4H,1H3,(H,11,13)(H,14,15). The van der Waals surface area contributed by atoms with Gasteiger partial charge in [0.15, 0.2) is 5.56 Å². The maximum atomic E-state index is 11.1. The molecule has 6 nitrogen and oxygen atoms in total. The summed E-state index contributed by atoms with van der Waals surface area (Å²) in [6.45, 7) is 1.26. The Hall–Kier alpha value is -2.15. The predicted octanol–water partition coefficient (Wildman–Crippen LogP) is 2.06. The van der Waals surface area contributed by atoms with Gasteiger partial charge in [0, 0.05) is 17.9 Å². The lowest BCUT2D eigenvalue weighted by atomic mass is 10.1. The van der Waals surface area contributed by atoms with Crippen LogP contribution < -0.4 is 5.32 Å². The molecule has 1 amide bonds. The lowest BCUT2D eigenvalue weighted by Crippen LogP contribution is -2.09. The molecule has 17 heavy (non-hydrogen) atoms. The summed E-state index contributed by atoms with van der Waals surface area (Å²) in [5.74, 6) is -1.76. The first-order valence-electron chi connectivity index (χ1n) is 4.62. The zero-order valence-electron chi connectivity index (χ0n) is 8.76. The van der Waals surface area contributed by atoms with E-state index in [9.17, 15) is 9.59 Å². The number of rotatable bonds is 3. The van der Waals surface area contributed by atoms with E-state index in [0.29, 0.717) is 5.56 Å². The molecular weight excluding hydrogens is 244 g/mol. The van der Waals surface area contributed by atoms with Crippen LogP contribution >= 0.6 is 11.3 Å². The Kier molecular flexibility index (Phi) is 2.92. The third kappa shape index (κ3) is 2.18. The molecule has 2 rings (SSSR count). The average Bonchev–Trinajstić information content (AvgIpc) is 2.82. The van der Waals surface area contributed by atoms with Crippen LogP contribution in [-0.2, 0) is 4.79 Å². The quantitative estimate of drug-likeness (QED) is 0.872. The number of carboxylic acids is 1. The Morgan fingerprint density at radius 1 is 1.53 bits per heavy atom. The second kappa shape index (κ2) is 4.38. The van der Waals surface area contributed by atoms with Gasteiger partial charge in [-0.05, 0) is 11.4 Å². The van der Waals surface area contributed by atoms with E-state index in [1.54, 1.807) is 16.8 Å². The van der Waals surface area contributed by atoms with Crippen molar-refractivity contribution in [3.63, 3.8) is 0 Å². The minimum absolute atomic E-state index is 0.140. The number of amides is 1. The van der Waals surface area contributed by atoms with Gasteiger partial charge in [-0.3, -0.25) is 10.1 Å². The van der Waals surface area contributed by atoms with Crippen LogP contribution in [0.5, 0.6) is 0 Å². The molecule has 0 aromatic carbocycles. The van der Waals surface area contributed by atoms with Gasteiger partial charge in [-0.15, -0.1) is 0 Å². The number of aromatic carboxylic acids is 1. The Bertz CT molecular complexity index is 559. The number of aromatic nitrogens is 1. The number of carbonyl (C=O) groups is 2. The van der Waals surface area contributed by atoms with Crippen molar-refractivity contribution in [3.05, 3.63) is 22.4 Å². The molecule has 0 radical (unpaired) electrons. The number of nitrogens with one attached hydrogen (secondary N) is 1. The Labute approximate surface area is 99.9 Å². The van der Waals surface area contributed by atoms with Crippen LogP contribution in [0.25, 0.3) is 11.3 Å². The van der Waals surface area contributed by atoms with Crippen molar-refractivity contribution in [3.8, 4) is 11.3 Å². The lowest BCUT2D eigenvalue weighted by molar-refractivity contribution is -0.114. The van der Waals surface area contributed by atoms with Crippen LogP contribution in [0.4, 0.5) is 5.88 Å². The summed E-state index contributed by atoms with van der Waals surface area (Å²) in [6, 6.07) is 1.73. The summed E-state index contributed by atoms with van der Waals surface area (Å²) >= 11 is 1.42. The minimum atomic E-state index is -1.20. The first-order chi connectivity index (χ1) is 8.09. The highest BCUT2D eigenvalue weighted by molar-refractivity contribution is 7.08. The molecule has 2 aromatic heterocycles. The van der Waals surface area contributed by atoms with Gasteiger partial charge < -0.3 is 9.63 Å². The van der Waals surface area contributed by atoms with E-state index in [2.05, 4.69) is 10.5 Å². The van der Waals surface area contributed by atoms with E-state index < -0.39 is 11.9 Å². The van der Waals surface area contributed by atoms with Crippen LogP contribution in [-0.4, -0.2) is 22.1 Å². The molecule has 0 aliphatic rings. The molecule has 0 saturated carbocycles. The van der Waals surface area contributed by atoms with Crippen LogP contribution in [0.15, 0.2) is 21.3 Å². The van der Waals surface area contributed by atoms with Crippen molar-refractivity contribution in [1.29, 1.82) is 0 Å². The number of thiophene rings is 1. The first kappa shape index (κ1) is 11.3. The molecule has 0 unspecified atom stereocenters. The van der Waals surface area contributed by atoms with E-state index >= 15 is 0 Å². The number of carbonyl (C=O) groups excluding carboxylic acids is 1. The Balaban J connectivity index is 2.51. The highest BCUT2D eigenvalue weighted by Gasteiger charge is 2.24. The SMILES string of the molecule is CC(=O)Nc1onc(-c2ccsc2)c1C(=O)O. The largest absolute Gasteiger partial charge is 0.477 e. The molecule has 0 spiro atoms. The molecule has 0 saturated heterocycles. The Morgan fingerprint density at radius 3 is 2.82 bits per heavy atom. The summed E-state index contributed by atoms with van der Waals surface area (Å²) in [4.78, 5) is 22.0. The molecule has 2 heterocycles. The minimum Gasteiger partial charge on any atom is -0.477 e. The average molecular weight is 252 g/mol. The first-order valence-corrected chi connectivity index (χ1v) is 5.57. The van der Waals surface area contributed by atoms with Gasteiger partial charge in [0.05, 0.1) is 0 Å². The monoisotopic (exact) mass is 252 g/mol. The molecule has 7 heteroatoms. The van der Waals surface area contributed by atoms with Crippen molar-refractivity contribution in [1.82, 2.24) is 5.16 Å². The molecule has 0 aliphatic heterocycles. The van der Waals surface area contributed by atoms with Crippen molar-refractivity contribution < 1.29 is 19.2 Å². The smallest absolute Gasteiger partial charge is 0.343 e. The molecule has 0 bridgehead atoms. The van der Waals surface area contributed by atoms with Crippen molar-refractivity contribution >= 4 is 29.1 Å². The zero-order chi connectivity index (χ0) is 12.4. The predicted molar refractivity (Wildman–Crippen MR) is 61.1 cm³/mol. The molecule has 2 aromatic rings. The zero-order valence-corrected chi connectivity index (χ0v) is 9.58. The summed E-state index contributed by atoms with van der Waals surface area (Å²) in [6.07, 6.45) is 0. The normalized spacial score (nSPS) is 10.2. The highest BCUT2D eigenvalue weighted by atomic mass is 32.1. The molecule has 0 atom stereocenters. The number of hydrogen-bond donors (Lipinski definition) is 2. The highest BCUT2D eigenvalue weighted by Crippen LogP contribution is 2.30.